The smallest absolute Gasteiger partial charge is 0.0931 e. The van der Waals surface area contributed by atoms with Crippen LogP contribution in [0.3, 0.4) is 0 Å². The molecule has 1 aromatic heterocycles. The molecule has 2 nitrogen and oxygen atoms in total. The number of hydrogen-bond donors (Lipinski definition) is 1. The fourth-order valence-corrected chi connectivity index (χ4v) is 3.62. The minimum absolute atomic E-state index is 0. The quantitative estimate of drug-likeness (QED) is 0.834. The van der Waals surface area contributed by atoms with E-state index in [0.717, 1.165) is 29.5 Å². The molecule has 0 bridgehead atoms. The molecule has 1 aliphatic heterocycles. The highest BCUT2D eigenvalue weighted by atomic mass is 35.5. The van der Waals surface area contributed by atoms with E-state index in [2.05, 4.69) is 17.0 Å². The van der Waals surface area contributed by atoms with Crippen molar-refractivity contribution in [3.05, 3.63) is 45.1 Å². The molecule has 0 fully saturated rings. The van der Waals surface area contributed by atoms with Gasteiger partial charge in [-0.25, -0.2) is 0 Å². The summed E-state index contributed by atoms with van der Waals surface area (Å²) in [5, 5.41) is 0. The summed E-state index contributed by atoms with van der Waals surface area (Å²) < 4.78 is 0.856. The van der Waals surface area contributed by atoms with Gasteiger partial charge in [-0.3, -0.25) is 0 Å². The van der Waals surface area contributed by atoms with Crippen LogP contribution in [0.5, 0.6) is 0 Å². The lowest BCUT2D eigenvalue weighted by atomic mass is 10.00. The molecule has 0 spiro atoms. The van der Waals surface area contributed by atoms with E-state index in [-0.39, 0.29) is 12.4 Å². The van der Waals surface area contributed by atoms with Crippen molar-refractivity contribution in [2.75, 3.05) is 17.2 Å². The number of nitrogens with zero attached hydrogens (tertiary/aromatic N) is 1. The van der Waals surface area contributed by atoms with E-state index in [0.29, 0.717) is 0 Å². The predicted molar refractivity (Wildman–Crippen MR) is 86.8 cm³/mol. The number of halogens is 2. The standard InChI is InChI=1S/C14H15ClN2S.ClH/c15-14-7-6-10(18-14)9-17-8-2-3-11-12(16)4-1-5-13(11)17;/h1,4-7H,2-3,8-9,16H2;1H. The Labute approximate surface area is 128 Å². The van der Waals surface area contributed by atoms with Crippen LogP contribution in [0.4, 0.5) is 11.4 Å². The van der Waals surface area contributed by atoms with Crippen LogP contribution < -0.4 is 10.6 Å². The van der Waals surface area contributed by atoms with Crippen molar-refractivity contribution >= 4 is 46.7 Å². The molecular weight excluding hydrogens is 299 g/mol. The molecule has 0 saturated carbocycles. The fraction of sp³-hybridized carbons (Fsp3) is 0.286. The summed E-state index contributed by atoms with van der Waals surface area (Å²) in [6.07, 6.45) is 2.25. The highest BCUT2D eigenvalue weighted by molar-refractivity contribution is 7.16. The minimum Gasteiger partial charge on any atom is -0.398 e. The predicted octanol–water partition coefficient (Wildman–Crippen LogP) is 4.36. The van der Waals surface area contributed by atoms with Gasteiger partial charge in [0.05, 0.1) is 10.9 Å². The summed E-state index contributed by atoms with van der Waals surface area (Å²) in [5.41, 5.74) is 9.55. The van der Waals surface area contributed by atoms with E-state index >= 15 is 0 Å². The van der Waals surface area contributed by atoms with Crippen molar-refractivity contribution in [2.45, 2.75) is 19.4 Å². The maximum atomic E-state index is 6.06. The molecule has 2 heterocycles. The van der Waals surface area contributed by atoms with Gasteiger partial charge in [0.25, 0.3) is 0 Å². The van der Waals surface area contributed by atoms with Gasteiger partial charge < -0.3 is 10.6 Å². The van der Waals surface area contributed by atoms with E-state index in [9.17, 15) is 0 Å². The van der Waals surface area contributed by atoms with Crippen molar-refractivity contribution < 1.29 is 0 Å². The SMILES string of the molecule is Cl.Nc1cccc2c1CCCN2Cc1ccc(Cl)s1. The van der Waals surface area contributed by atoms with Gasteiger partial charge in [0.1, 0.15) is 0 Å². The van der Waals surface area contributed by atoms with Crippen LogP contribution in [0.1, 0.15) is 16.9 Å². The Morgan fingerprint density at radius 1 is 1.26 bits per heavy atom. The van der Waals surface area contributed by atoms with E-state index in [1.54, 1.807) is 11.3 Å². The number of fused-ring (bicyclic) bond motifs is 1. The van der Waals surface area contributed by atoms with Crippen molar-refractivity contribution in [3.63, 3.8) is 0 Å². The zero-order valence-electron chi connectivity index (χ0n) is 10.4. The Hall–Kier alpha value is -0.900. The Morgan fingerprint density at radius 3 is 2.84 bits per heavy atom. The van der Waals surface area contributed by atoms with Gasteiger partial charge in [-0.2, -0.15) is 0 Å². The van der Waals surface area contributed by atoms with Crippen molar-refractivity contribution in [2.24, 2.45) is 0 Å². The van der Waals surface area contributed by atoms with E-state index in [1.165, 1.54) is 22.5 Å². The number of rotatable bonds is 2. The lowest BCUT2D eigenvalue weighted by molar-refractivity contribution is 0.696. The highest BCUT2D eigenvalue weighted by Crippen LogP contribution is 2.33. The Balaban J connectivity index is 0.00000133. The molecule has 0 unspecified atom stereocenters. The molecule has 0 amide bonds. The summed E-state index contributed by atoms with van der Waals surface area (Å²) >= 11 is 7.64. The second kappa shape index (κ2) is 6.04. The Kier molecular flexibility index (Phi) is 4.61. The zero-order chi connectivity index (χ0) is 12.5. The molecule has 0 atom stereocenters. The van der Waals surface area contributed by atoms with Crippen molar-refractivity contribution in [1.29, 1.82) is 0 Å². The molecule has 3 rings (SSSR count). The molecule has 2 aromatic rings. The number of benzene rings is 1. The normalized spacial score (nSPS) is 13.8. The first kappa shape index (κ1) is 14.5. The third kappa shape index (κ3) is 2.99. The first-order valence-corrected chi connectivity index (χ1v) is 7.30. The molecule has 19 heavy (non-hydrogen) atoms. The summed E-state index contributed by atoms with van der Waals surface area (Å²) in [6, 6.07) is 10.3. The number of nitrogens with two attached hydrogens (primary N) is 1. The third-order valence-electron chi connectivity index (χ3n) is 3.36. The van der Waals surface area contributed by atoms with Crippen LogP contribution in [0.2, 0.25) is 4.34 Å². The van der Waals surface area contributed by atoms with E-state index in [4.69, 9.17) is 17.3 Å². The maximum Gasteiger partial charge on any atom is 0.0931 e. The lowest BCUT2D eigenvalue weighted by Gasteiger charge is -2.31. The van der Waals surface area contributed by atoms with Crippen molar-refractivity contribution in [1.82, 2.24) is 0 Å². The number of hydrogen-bond acceptors (Lipinski definition) is 3. The van der Waals surface area contributed by atoms with Crippen LogP contribution in [-0.2, 0) is 13.0 Å². The van der Waals surface area contributed by atoms with Crippen LogP contribution in [0.15, 0.2) is 30.3 Å². The largest absolute Gasteiger partial charge is 0.398 e. The topological polar surface area (TPSA) is 29.3 Å². The third-order valence-corrected chi connectivity index (χ3v) is 4.57. The average Bonchev–Trinajstić information content (AvgIpc) is 2.76. The van der Waals surface area contributed by atoms with Gasteiger partial charge in [-0.05, 0) is 42.7 Å². The summed E-state index contributed by atoms with van der Waals surface area (Å²) in [7, 11) is 0. The summed E-state index contributed by atoms with van der Waals surface area (Å²) in [5.74, 6) is 0. The van der Waals surface area contributed by atoms with E-state index < -0.39 is 0 Å². The van der Waals surface area contributed by atoms with E-state index in [1.807, 2.05) is 18.2 Å². The number of thiophene rings is 1. The van der Waals surface area contributed by atoms with Gasteiger partial charge in [0, 0.05) is 22.8 Å². The fourth-order valence-electron chi connectivity index (χ4n) is 2.52. The summed E-state index contributed by atoms with van der Waals surface area (Å²) in [6.45, 7) is 2.01. The lowest BCUT2D eigenvalue weighted by Crippen LogP contribution is -2.28. The molecule has 1 aromatic carbocycles. The molecule has 0 aliphatic carbocycles. The monoisotopic (exact) mass is 314 g/mol. The van der Waals surface area contributed by atoms with Gasteiger partial charge >= 0.3 is 0 Å². The molecule has 0 saturated heterocycles. The molecule has 0 radical (unpaired) electrons. The average molecular weight is 315 g/mol. The van der Waals surface area contributed by atoms with Gasteiger partial charge in [0.15, 0.2) is 0 Å². The maximum absolute atomic E-state index is 6.06. The first-order valence-electron chi connectivity index (χ1n) is 6.10. The van der Waals surface area contributed by atoms with Crippen LogP contribution >= 0.6 is 35.3 Å². The molecule has 2 N–H and O–H groups in total. The molecule has 5 heteroatoms. The van der Waals surface area contributed by atoms with Crippen molar-refractivity contribution in [3.8, 4) is 0 Å². The number of nitrogen functional groups attached to an aromatic ring is 1. The Bertz CT molecular complexity index is 568. The summed E-state index contributed by atoms with van der Waals surface area (Å²) in [4.78, 5) is 3.70. The van der Waals surface area contributed by atoms with Gasteiger partial charge in [-0.1, -0.05) is 17.7 Å². The van der Waals surface area contributed by atoms with Gasteiger partial charge in [0.2, 0.25) is 0 Å². The molecule has 102 valence electrons. The number of anilines is 2. The van der Waals surface area contributed by atoms with Crippen LogP contribution in [0, 0.1) is 0 Å². The second-order valence-electron chi connectivity index (χ2n) is 4.58. The van der Waals surface area contributed by atoms with Crippen LogP contribution in [0.25, 0.3) is 0 Å². The first-order chi connectivity index (χ1) is 8.74. The molecular formula is C14H16Cl2N2S. The minimum atomic E-state index is 0. The van der Waals surface area contributed by atoms with Crippen LogP contribution in [-0.4, -0.2) is 6.54 Å². The highest BCUT2D eigenvalue weighted by Gasteiger charge is 2.18. The molecule has 1 aliphatic rings. The van der Waals surface area contributed by atoms with Gasteiger partial charge in [-0.15, -0.1) is 23.7 Å². The second-order valence-corrected chi connectivity index (χ2v) is 6.38. The zero-order valence-corrected chi connectivity index (χ0v) is 12.8. The Morgan fingerprint density at radius 2 is 2.11 bits per heavy atom.